The number of H-pyrrole nitrogens is 1. The smallest absolute Gasteiger partial charge is 0.259 e. The van der Waals surface area contributed by atoms with Crippen molar-refractivity contribution >= 4 is 21.6 Å². The Morgan fingerprint density at radius 1 is 1.69 bits per heavy atom. The zero-order valence-electron chi connectivity index (χ0n) is 7.03. The predicted octanol–water partition coefficient (Wildman–Crippen LogP) is 1.13. The maximum atomic E-state index is 11.3. The van der Waals surface area contributed by atoms with E-state index in [1.54, 1.807) is 7.11 Å². The minimum atomic E-state index is -0.0939. The molecule has 0 saturated heterocycles. The molecule has 0 atom stereocenters. The molecule has 0 aliphatic heterocycles. The van der Waals surface area contributed by atoms with Gasteiger partial charge in [-0.15, -0.1) is 11.3 Å². The van der Waals surface area contributed by atoms with Gasteiger partial charge in [0.15, 0.2) is 0 Å². The van der Waals surface area contributed by atoms with E-state index in [2.05, 4.69) is 9.97 Å². The van der Waals surface area contributed by atoms with Crippen LogP contribution in [0.1, 0.15) is 4.88 Å². The number of nitrogens with one attached hydrogen (secondary N) is 1. The van der Waals surface area contributed by atoms with Gasteiger partial charge in [-0.1, -0.05) is 0 Å². The molecule has 0 aromatic carbocycles. The van der Waals surface area contributed by atoms with Gasteiger partial charge in [0, 0.05) is 12.0 Å². The Kier molecular flexibility index (Phi) is 2.12. The molecule has 0 aliphatic rings. The van der Waals surface area contributed by atoms with Gasteiger partial charge in [-0.25, -0.2) is 4.98 Å². The summed E-state index contributed by atoms with van der Waals surface area (Å²) in [5.74, 6) is 0. The molecule has 1 N–H and O–H groups in total. The standard InChI is InChI=1S/C8H8N2O2S/c1-12-3-5-2-6-7(11)9-4-10-8(6)13-5/h2,4H,3H2,1H3,(H,9,10,11). The van der Waals surface area contributed by atoms with Crippen molar-refractivity contribution in [2.24, 2.45) is 0 Å². The third-order valence-corrected chi connectivity index (χ3v) is 2.69. The van der Waals surface area contributed by atoms with Gasteiger partial charge in [0.05, 0.1) is 18.3 Å². The van der Waals surface area contributed by atoms with Crippen LogP contribution in [-0.4, -0.2) is 17.1 Å². The van der Waals surface area contributed by atoms with Crippen LogP contribution >= 0.6 is 11.3 Å². The lowest BCUT2D eigenvalue weighted by molar-refractivity contribution is 0.187. The molecule has 2 heterocycles. The van der Waals surface area contributed by atoms with Crippen molar-refractivity contribution in [1.29, 1.82) is 0 Å². The molecule has 5 heteroatoms. The van der Waals surface area contributed by atoms with Crippen LogP contribution in [0.2, 0.25) is 0 Å². The van der Waals surface area contributed by atoms with Crippen LogP contribution in [0.15, 0.2) is 17.2 Å². The van der Waals surface area contributed by atoms with Crippen molar-refractivity contribution in [2.75, 3.05) is 7.11 Å². The Hall–Kier alpha value is -1.20. The van der Waals surface area contributed by atoms with Crippen LogP contribution in [0.25, 0.3) is 10.2 Å². The second-order valence-corrected chi connectivity index (χ2v) is 3.71. The van der Waals surface area contributed by atoms with Gasteiger partial charge < -0.3 is 9.72 Å². The Balaban J connectivity index is 2.62. The third-order valence-electron chi connectivity index (χ3n) is 1.67. The monoisotopic (exact) mass is 196 g/mol. The van der Waals surface area contributed by atoms with E-state index in [0.29, 0.717) is 12.0 Å². The normalized spacial score (nSPS) is 10.8. The van der Waals surface area contributed by atoms with E-state index in [1.807, 2.05) is 6.07 Å². The lowest BCUT2D eigenvalue weighted by Gasteiger charge is -1.89. The molecule has 0 aliphatic carbocycles. The third kappa shape index (κ3) is 1.48. The molecule has 4 nitrogen and oxygen atoms in total. The van der Waals surface area contributed by atoms with Gasteiger partial charge in [0.1, 0.15) is 4.83 Å². The minimum Gasteiger partial charge on any atom is -0.379 e. The first-order chi connectivity index (χ1) is 6.31. The Morgan fingerprint density at radius 2 is 2.54 bits per heavy atom. The summed E-state index contributed by atoms with van der Waals surface area (Å²) < 4.78 is 4.97. The number of ether oxygens (including phenoxy) is 1. The average Bonchev–Trinajstić information content (AvgIpc) is 2.49. The van der Waals surface area contributed by atoms with E-state index in [4.69, 9.17) is 4.74 Å². The second kappa shape index (κ2) is 3.27. The van der Waals surface area contributed by atoms with Gasteiger partial charge in [0.25, 0.3) is 5.56 Å². The van der Waals surface area contributed by atoms with Crippen LogP contribution in [0.5, 0.6) is 0 Å². The van der Waals surface area contributed by atoms with E-state index < -0.39 is 0 Å². The summed E-state index contributed by atoms with van der Waals surface area (Å²) in [4.78, 5) is 19.6. The Labute approximate surface area is 78.2 Å². The molecule has 68 valence electrons. The highest BCUT2D eigenvalue weighted by Crippen LogP contribution is 2.20. The van der Waals surface area contributed by atoms with Crippen molar-refractivity contribution < 1.29 is 4.74 Å². The van der Waals surface area contributed by atoms with Crippen LogP contribution in [-0.2, 0) is 11.3 Å². The highest BCUT2D eigenvalue weighted by atomic mass is 32.1. The summed E-state index contributed by atoms with van der Waals surface area (Å²) in [7, 11) is 1.63. The lowest BCUT2D eigenvalue weighted by Crippen LogP contribution is -2.03. The number of hydrogen-bond donors (Lipinski definition) is 1. The second-order valence-electron chi connectivity index (χ2n) is 2.60. The molecular formula is C8H8N2O2S. The maximum absolute atomic E-state index is 11.3. The fourth-order valence-corrected chi connectivity index (χ4v) is 2.10. The van der Waals surface area contributed by atoms with Gasteiger partial charge in [-0.3, -0.25) is 4.79 Å². The van der Waals surface area contributed by atoms with Crippen molar-refractivity contribution in [3.8, 4) is 0 Å². The minimum absolute atomic E-state index is 0.0939. The molecule has 2 aromatic rings. The fourth-order valence-electron chi connectivity index (χ4n) is 1.13. The quantitative estimate of drug-likeness (QED) is 0.783. The van der Waals surface area contributed by atoms with Gasteiger partial charge in [0.2, 0.25) is 0 Å². The molecule has 2 rings (SSSR count). The summed E-state index contributed by atoms with van der Waals surface area (Å²) in [6.45, 7) is 0.528. The fraction of sp³-hybridized carbons (Fsp3) is 0.250. The number of fused-ring (bicyclic) bond motifs is 1. The molecule has 0 amide bonds. The number of thiophene rings is 1. The summed E-state index contributed by atoms with van der Waals surface area (Å²) in [5, 5.41) is 0.638. The summed E-state index contributed by atoms with van der Waals surface area (Å²) in [5.41, 5.74) is -0.0939. The summed E-state index contributed by atoms with van der Waals surface area (Å²) >= 11 is 1.48. The van der Waals surface area contributed by atoms with Crippen molar-refractivity contribution in [3.63, 3.8) is 0 Å². The van der Waals surface area contributed by atoms with Crippen molar-refractivity contribution in [2.45, 2.75) is 6.61 Å². The molecule has 0 radical (unpaired) electrons. The summed E-state index contributed by atoms with van der Waals surface area (Å²) in [6.07, 6.45) is 1.41. The van der Waals surface area contributed by atoms with E-state index in [0.717, 1.165) is 9.71 Å². The molecular weight excluding hydrogens is 188 g/mol. The first kappa shape index (κ1) is 8.40. The van der Waals surface area contributed by atoms with Crippen LogP contribution < -0.4 is 5.56 Å². The van der Waals surface area contributed by atoms with Gasteiger partial charge >= 0.3 is 0 Å². The average molecular weight is 196 g/mol. The highest BCUT2D eigenvalue weighted by Gasteiger charge is 2.04. The first-order valence-corrected chi connectivity index (χ1v) is 4.58. The molecule has 0 unspecified atom stereocenters. The molecule has 2 aromatic heterocycles. The predicted molar refractivity (Wildman–Crippen MR) is 51.0 cm³/mol. The number of aromatic nitrogens is 2. The van der Waals surface area contributed by atoms with Crippen LogP contribution in [0.4, 0.5) is 0 Å². The van der Waals surface area contributed by atoms with Crippen molar-refractivity contribution in [1.82, 2.24) is 9.97 Å². The van der Waals surface area contributed by atoms with Gasteiger partial charge in [-0.05, 0) is 6.07 Å². The van der Waals surface area contributed by atoms with E-state index in [-0.39, 0.29) is 5.56 Å². The number of rotatable bonds is 2. The topological polar surface area (TPSA) is 55.0 Å². The van der Waals surface area contributed by atoms with Crippen LogP contribution in [0.3, 0.4) is 0 Å². The number of nitrogens with zero attached hydrogens (tertiary/aromatic N) is 1. The Morgan fingerprint density at radius 3 is 3.23 bits per heavy atom. The maximum Gasteiger partial charge on any atom is 0.259 e. The zero-order chi connectivity index (χ0) is 9.26. The molecule has 0 saturated carbocycles. The molecule has 0 spiro atoms. The highest BCUT2D eigenvalue weighted by molar-refractivity contribution is 7.18. The van der Waals surface area contributed by atoms with Crippen molar-refractivity contribution in [3.05, 3.63) is 27.6 Å². The van der Waals surface area contributed by atoms with Gasteiger partial charge in [-0.2, -0.15) is 0 Å². The largest absolute Gasteiger partial charge is 0.379 e. The number of hydrogen-bond acceptors (Lipinski definition) is 4. The zero-order valence-corrected chi connectivity index (χ0v) is 7.85. The Bertz CT molecular complexity index is 474. The van der Waals surface area contributed by atoms with Crippen LogP contribution in [0, 0.1) is 0 Å². The van der Waals surface area contributed by atoms with E-state index in [9.17, 15) is 4.79 Å². The SMILES string of the molecule is COCc1cc2c(=O)[nH]cnc2s1. The molecule has 0 bridgehead atoms. The summed E-state index contributed by atoms with van der Waals surface area (Å²) in [6, 6.07) is 1.81. The molecule has 0 fully saturated rings. The number of aromatic amines is 1. The first-order valence-electron chi connectivity index (χ1n) is 3.76. The van der Waals surface area contributed by atoms with E-state index >= 15 is 0 Å². The van der Waals surface area contributed by atoms with E-state index in [1.165, 1.54) is 17.7 Å². The molecule has 13 heavy (non-hydrogen) atoms. The lowest BCUT2D eigenvalue weighted by atomic mass is 10.4. The number of methoxy groups -OCH3 is 1.